The van der Waals surface area contributed by atoms with Crippen molar-refractivity contribution in [3.8, 4) is 22.4 Å². The summed E-state index contributed by atoms with van der Waals surface area (Å²) in [6.07, 6.45) is 1.62. The second-order valence-electron chi connectivity index (χ2n) is 9.51. The van der Waals surface area contributed by atoms with Crippen LogP contribution in [0, 0.1) is 12.3 Å². The molecule has 0 spiro atoms. The molecule has 1 aliphatic rings. The highest BCUT2D eigenvalue weighted by Crippen LogP contribution is 2.44. The first-order chi connectivity index (χ1) is 17.4. The molecule has 0 saturated heterocycles. The number of pyridine rings is 1. The molecule has 0 saturated carbocycles. The number of benzene rings is 3. The lowest BCUT2D eigenvalue weighted by Crippen LogP contribution is -2.40. The van der Waals surface area contributed by atoms with Crippen LogP contribution in [-0.2, 0) is 20.7 Å². The van der Waals surface area contributed by atoms with Crippen molar-refractivity contribution < 1.29 is 19.4 Å². The van der Waals surface area contributed by atoms with E-state index in [-0.39, 0.29) is 18.9 Å². The van der Waals surface area contributed by atoms with Crippen LogP contribution in [0.5, 0.6) is 0 Å². The van der Waals surface area contributed by atoms with E-state index < -0.39 is 17.4 Å². The molecule has 1 atom stereocenters. The van der Waals surface area contributed by atoms with E-state index in [0.717, 1.165) is 39.1 Å². The zero-order valence-electron chi connectivity index (χ0n) is 20.3. The van der Waals surface area contributed by atoms with Gasteiger partial charge in [-0.05, 0) is 53.3 Å². The molecule has 0 fully saturated rings. The number of fused-ring (bicyclic) bond motifs is 3. The lowest BCUT2D eigenvalue weighted by molar-refractivity contribution is -0.167. The number of rotatable bonds is 7. The van der Waals surface area contributed by atoms with Crippen molar-refractivity contribution in [1.29, 1.82) is 0 Å². The Morgan fingerprint density at radius 3 is 2.00 bits per heavy atom. The number of carboxylic acid groups (broad SMARTS) is 1. The number of ether oxygens (including phenoxy) is 1. The Hall–Kier alpha value is -4.25. The maximum atomic E-state index is 13.2. The fourth-order valence-electron chi connectivity index (χ4n) is 4.95. The highest BCUT2D eigenvalue weighted by molar-refractivity contribution is 5.99. The zero-order chi connectivity index (χ0) is 25.3. The summed E-state index contributed by atoms with van der Waals surface area (Å²) >= 11 is 0. The standard InChI is InChI=1S/C31H27NO4/c1-20-9-3-4-10-22(20)28-16-15-21(18-32-28)17-31(2,29(33)34)30(35)36-19-27-25-13-7-5-11-23(25)24-12-6-8-14-26(24)27/h3-16,18,27H,17,19H2,1-2H3,(H,33,34)/t31-/m0/s1. The number of aliphatic carboxylic acids is 1. The summed E-state index contributed by atoms with van der Waals surface area (Å²) in [7, 11) is 0. The van der Waals surface area contributed by atoms with Gasteiger partial charge in [0, 0.05) is 24.1 Å². The molecular formula is C31H27NO4. The lowest BCUT2D eigenvalue weighted by atomic mass is 9.84. The molecular weight excluding hydrogens is 450 g/mol. The van der Waals surface area contributed by atoms with Gasteiger partial charge in [-0.1, -0.05) is 78.9 Å². The van der Waals surface area contributed by atoms with Crippen molar-refractivity contribution in [2.24, 2.45) is 5.41 Å². The second-order valence-corrected chi connectivity index (χ2v) is 9.51. The third-order valence-corrected chi connectivity index (χ3v) is 7.07. The topological polar surface area (TPSA) is 76.5 Å². The minimum absolute atomic E-state index is 0.0138. The average Bonchev–Trinajstić information content (AvgIpc) is 3.21. The third kappa shape index (κ3) is 4.17. The van der Waals surface area contributed by atoms with Crippen LogP contribution in [0.2, 0.25) is 0 Å². The van der Waals surface area contributed by atoms with E-state index in [1.807, 2.05) is 79.7 Å². The molecule has 36 heavy (non-hydrogen) atoms. The fraction of sp³-hybridized carbons (Fsp3) is 0.194. The SMILES string of the molecule is Cc1ccccc1-c1ccc(C[C@@](C)(C(=O)O)C(=O)OCC2c3ccccc3-c3ccccc32)cn1. The fourth-order valence-corrected chi connectivity index (χ4v) is 4.95. The van der Waals surface area contributed by atoms with E-state index in [1.54, 1.807) is 6.20 Å². The Morgan fingerprint density at radius 1 is 0.861 bits per heavy atom. The Balaban J connectivity index is 1.34. The first kappa shape index (κ1) is 23.5. The van der Waals surface area contributed by atoms with Gasteiger partial charge in [0.15, 0.2) is 5.41 Å². The summed E-state index contributed by atoms with van der Waals surface area (Å²) in [5, 5.41) is 10.0. The zero-order valence-corrected chi connectivity index (χ0v) is 20.3. The van der Waals surface area contributed by atoms with Crippen LogP contribution in [0.1, 0.15) is 35.1 Å². The normalized spacial score (nSPS) is 13.9. The molecule has 1 N–H and O–H groups in total. The smallest absolute Gasteiger partial charge is 0.323 e. The molecule has 0 bridgehead atoms. The van der Waals surface area contributed by atoms with Crippen molar-refractivity contribution in [2.45, 2.75) is 26.2 Å². The molecule has 0 unspecified atom stereocenters. The van der Waals surface area contributed by atoms with Gasteiger partial charge in [0.05, 0.1) is 5.69 Å². The molecule has 5 heteroatoms. The minimum atomic E-state index is -1.73. The van der Waals surface area contributed by atoms with E-state index >= 15 is 0 Å². The summed E-state index contributed by atoms with van der Waals surface area (Å²) in [4.78, 5) is 30.0. The van der Waals surface area contributed by atoms with Crippen LogP contribution in [0.4, 0.5) is 0 Å². The van der Waals surface area contributed by atoms with Gasteiger partial charge in [0.2, 0.25) is 0 Å². The van der Waals surface area contributed by atoms with Crippen molar-refractivity contribution in [3.63, 3.8) is 0 Å². The largest absolute Gasteiger partial charge is 0.480 e. The summed E-state index contributed by atoms with van der Waals surface area (Å²) in [6.45, 7) is 3.52. The predicted octanol–water partition coefficient (Wildman–Crippen LogP) is 6.05. The number of carbonyl (C=O) groups is 2. The van der Waals surface area contributed by atoms with Crippen molar-refractivity contribution in [3.05, 3.63) is 113 Å². The molecule has 1 aliphatic carbocycles. The number of hydrogen-bond donors (Lipinski definition) is 1. The van der Waals surface area contributed by atoms with Crippen LogP contribution in [0.3, 0.4) is 0 Å². The van der Waals surface area contributed by atoms with Gasteiger partial charge >= 0.3 is 11.9 Å². The highest BCUT2D eigenvalue weighted by Gasteiger charge is 2.44. The van der Waals surface area contributed by atoms with Gasteiger partial charge in [-0.3, -0.25) is 14.6 Å². The molecule has 1 aromatic heterocycles. The highest BCUT2D eigenvalue weighted by atomic mass is 16.5. The van der Waals surface area contributed by atoms with E-state index in [1.165, 1.54) is 6.92 Å². The Kier molecular flexibility index (Phi) is 6.15. The Labute approximate surface area is 210 Å². The molecule has 1 heterocycles. The Bertz CT molecular complexity index is 1400. The molecule has 5 nitrogen and oxygen atoms in total. The number of aromatic nitrogens is 1. The Morgan fingerprint density at radius 2 is 1.44 bits per heavy atom. The number of hydrogen-bond acceptors (Lipinski definition) is 4. The maximum Gasteiger partial charge on any atom is 0.323 e. The molecule has 0 radical (unpaired) electrons. The van der Waals surface area contributed by atoms with E-state index in [0.29, 0.717) is 5.56 Å². The predicted molar refractivity (Wildman–Crippen MR) is 139 cm³/mol. The summed E-state index contributed by atoms with van der Waals surface area (Å²) in [6, 6.07) is 27.7. The summed E-state index contributed by atoms with van der Waals surface area (Å²) in [5.74, 6) is -2.10. The van der Waals surface area contributed by atoms with E-state index in [4.69, 9.17) is 4.74 Å². The van der Waals surface area contributed by atoms with Gasteiger partial charge in [-0.25, -0.2) is 0 Å². The number of carbonyl (C=O) groups excluding carboxylic acids is 1. The minimum Gasteiger partial charge on any atom is -0.480 e. The number of nitrogens with zero attached hydrogens (tertiary/aromatic N) is 1. The molecule has 4 aromatic rings. The van der Waals surface area contributed by atoms with Gasteiger partial charge in [-0.15, -0.1) is 0 Å². The van der Waals surface area contributed by atoms with Gasteiger partial charge < -0.3 is 9.84 Å². The number of esters is 1. The second kappa shape index (κ2) is 9.42. The van der Waals surface area contributed by atoms with Crippen LogP contribution in [0.15, 0.2) is 91.1 Å². The molecule has 0 aliphatic heterocycles. The molecule has 5 rings (SSSR count). The summed E-state index contributed by atoms with van der Waals surface area (Å²) < 4.78 is 5.71. The van der Waals surface area contributed by atoms with Crippen LogP contribution < -0.4 is 0 Å². The van der Waals surface area contributed by atoms with Gasteiger partial charge in [-0.2, -0.15) is 0 Å². The van der Waals surface area contributed by atoms with Gasteiger partial charge in [0.25, 0.3) is 0 Å². The number of carboxylic acids is 1. The van der Waals surface area contributed by atoms with Crippen LogP contribution in [-0.4, -0.2) is 28.6 Å². The van der Waals surface area contributed by atoms with Crippen LogP contribution in [0.25, 0.3) is 22.4 Å². The molecule has 0 amide bonds. The number of aryl methyl sites for hydroxylation is 1. The maximum absolute atomic E-state index is 13.2. The molecule has 180 valence electrons. The third-order valence-electron chi connectivity index (χ3n) is 7.07. The summed E-state index contributed by atoms with van der Waals surface area (Å²) in [5.41, 5.74) is 6.25. The van der Waals surface area contributed by atoms with Crippen molar-refractivity contribution >= 4 is 11.9 Å². The average molecular weight is 478 g/mol. The first-order valence-corrected chi connectivity index (χ1v) is 12.0. The monoisotopic (exact) mass is 477 g/mol. The first-order valence-electron chi connectivity index (χ1n) is 12.0. The van der Waals surface area contributed by atoms with Crippen LogP contribution >= 0.6 is 0 Å². The van der Waals surface area contributed by atoms with Crippen molar-refractivity contribution in [1.82, 2.24) is 4.98 Å². The lowest BCUT2D eigenvalue weighted by Gasteiger charge is -2.24. The van der Waals surface area contributed by atoms with Crippen molar-refractivity contribution in [2.75, 3.05) is 6.61 Å². The quantitative estimate of drug-likeness (QED) is 0.259. The van der Waals surface area contributed by atoms with E-state index in [2.05, 4.69) is 17.1 Å². The van der Waals surface area contributed by atoms with Gasteiger partial charge in [0.1, 0.15) is 6.61 Å². The van der Waals surface area contributed by atoms with E-state index in [9.17, 15) is 14.7 Å². The molecule has 3 aromatic carbocycles.